The van der Waals surface area contributed by atoms with Crippen LogP contribution in [0.4, 0.5) is 0 Å². The van der Waals surface area contributed by atoms with Crippen molar-refractivity contribution in [2.24, 2.45) is 0 Å². The molecule has 0 saturated carbocycles. The monoisotopic (exact) mass is 834 g/mol. The summed E-state index contributed by atoms with van der Waals surface area (Å²) in [6.45, 7) is 0. The second-order valence-corrected chi connectivity index (χ2v) is 17.7. The predicted octanol–water partition coefficient (Wildman–Crippen LogP) is 16.1. The van der Waals surface area contributed by atoms with E-state index in [2.05, 4.69) is 170 Å². The Morgan fingerprint density at radius 2 is 0.455 bits per heavy atom. The number of hydrogen-bond acceptors (Lipinski definition) is 4. The van der Waals surface area contributed by atoms with Crippen LogP contribution in [0.15, 0.2) is 207 Å². The standard InChI is InChI=1S/C62H34N4/c1-5-15-39-35(11-1)27-63-31-51(39)45-21-22-46(52-32-64-28-36-12-2-6-16-40(36)52)56-48-24-26-50-60-49(25-23-47(55(45)56)59(48)60)61-57(53-33-65-29-37-13-3-7-17-41(37)53)43-19-9-10-20-44(43)58(62(50)61)54-34-66-30-38-14-4-8-18-42(38)54/h1-34H. The van der Waals surface area contributed by atoms with Crippen molar-refractivity contribution < 1.29 is 0 Å². The van der Waals surface area contributed by atoms with Gasteiger partial charge in [-0.3, -0.25) is 19.9 Å². The molecule has 302 valence electrons. The summed E-state index contributed by atoms with van der Waals surface area (Å²) >= 11 is 0. The fourth-order valence-electron chi connectivity index (χ4n) is 11.8. The second kappa shape index (κ2) is 13.3. The highest BCUT2D eigenvalue weighted by atomic mass is 14.6. The van der Waals surface area contributed by atoms with E-state index in [1.807, 2.05) is 37.2 Å². The molecule has 4 heterocycles. The highest BCUT2D eigenvalue weighted by Gasteiger charge is 2.37. The summed E-state index contributed by atoms with van der Waals surface area (Å²) in [7, 11) is 0. The normalized spacial score (nSPS) is 12.2. The molecule has 0 saturated heterocycles. The summed E-state index contributed by atoms with van der Waals surface area (Å²) < 4.78 is 0. The molecule has 0 atom stereocenters. The van der Waals surface area contributed by atoms with Crippen LogP contribution in [0.25, 0.3) is 154 Å². The third kappa shape index (κ3) is 4.72. The molecule has 4 aromatic heterocycles. The van der Waals surface area contributed by atoms with Crippen molar-refractivity contribution in [3.8, 4) is 89.0 Å². The van der Waals surface area contributed by atoms with Gasteiger partial charge >= 0.3 is 0 Å². The number of pyridine rings is 4. The van der Waals surface area contributed by atoms with Crippen LogP contribution in [-0.4, -0.2) is 19.9 Å². The summed E-state index contributed by atoms with van der Waals surface area (Å²) in [5, 5.41) is 14.2. The average Bonchev–Trinajstić information content (AvgIpc) is 3.90. The molecule has 0 aliphatic heterocycles. The van der Waals surface area contributed by atoms with Crippen LogP contribution in [0.2, 0.25) is 0 Å². The fraction of sp³-hybridized carbons (Fsp3) is 0. The molecule has 0 N–H and O–H groups in total. The molecule has 9 aromatic carbocycles. The molecule has 15 rings (SSSR count). The van der Waals surface area contributed by atoms with Crippen molar-refractivity contribution in [2.45, 2.75) is 0 Å². The van der Waals surface area contributed by atoms with Gasteiger partial charge in [-0.1, -0.05) is 158 Å². The first-order chi connectivity index (χ1) is 32.8. The maximum absolute atomic E-state index is 4.91. The summed E-state index contributed by atoms with van der Waals surface area (Å²) in [5.41, 5.74) is 19.1. The van der Waals surface area contributed by atoms with Gasteiger partial charge in [-0.05, 0) is 98.7 Å². The van der Waals surface area contributed by atoms with Gasteiger partial charge in [0.15, 0.2) is 0 Å². The first-order valence-corrected chi connectivity index (χ1v) is 22.5. The van der Waals surface area contributed by atoms with Gasteiger partial charge in [-0.15, -0.1) is 0 Å². The SMILES string of the molecule is c1ccc2c(-c3ccc(-c4cncc5ccccc45)c4c3-c3ccc5c6c(ccc-4c36)-c3c-5c(-c4cncc5ccccc45)c4ccccc4c3-c3cncc4ccccc34)cncc2c1. The van der Waals surface area contributed by atoms with Gasteiger partial charge in [0, 0.05) is 105 Å². The second-order valence-electron chi connectivity index (χ2n) is 17.7. The molecule has 4 heteroatoms. The van der Waals surface area contributed by atoms with Crippen molar-refractivity contribution >= 4 is 64.6 Å². The molecule has 0 bridgehead atoms. The van der Waals surface area contributed by atoms with Gasteiger partial charge in [0.25, 0.3) is 0 Å². The maximum atomic E-state index is 4.91. The number of nitrogens with zero attached hydrogens (tertiary/aromatic N) is 4. The van der Waals surface area contributed by atoms with E-state index in [0.29, 0.717) is 0 Å². The summed E-state index contributed by atoms with van der Waals surface area (Å²) in [5.74, 6) is 0. The van der Waals surface area contributed by atoms with E-state index >= 15 is 0 Å². The number of rotatable bonds is 4. The Morgan fingerprint density at radius 3 is 0.818 bits per heavy atom. The van der Waals surface area contributed by atoms with Crippen LogP contribution in [0, 0.1) is 0 Å². The van der Waals surface area contributed by atoms with Crippen LogP contribution in [-0.2, 0) is 0 Å². The molecule has 0 amide bonds. The van der Waals surface area contributed by atoms with Crippen LogP contribution in [0.1, 0.15) is 0 Å². The minimum absolute atomic E-state index is 1.12. The van der Waals surface area contributed by atoms with Crippen molar-refractivity contribution in [1.82, 2.24) is 19.9 Å². The van der Waals surface area contributed by atoms with Crippen LogP contribution >= 0.6 is 0 Å². The number of hydrogen-bond donors (Lipinski definition) is 0. The Hall–Kier alpha value is -8.86. The molecule has 13 aromatic rings. The highest BCUT2D eigenvalue weighted by Crippen LogP contribution is 2.64. The lowest BCUT2D eigenvalue weighted by molar-refractivity contribution is 1.36. The van der Waals surface area contributed by atoms with Gasteiger partial charge in [0.05, 0.1) is 0 Å². The molecule has 0 radical (unpaired) electrons. The van der Waals surface area contributed by atoms with Gasteiger partial charge in [0.1, 0.15) is 0 Å². The van der Waals surface area contributed by atoms with Crippen LogP contribution in [0.5, 0.6) is 0 Å². The smallest absolute Gasteiger partial charge is 0.0353 e. The quantitative estimate of drug-likeness (QED) is 0.177. The Balaban J connectivity index is 1.11. The molecule has 0 unspecified atom stereocenters. The summed E-state index contributed by atoms with van der Waals surface area (Å²) in [6, 6.07) is 57.8. The van der Waals surface area contributed by atoms with E-state index in [1.165, 1.54) is 110 Å². The first-order valence-electron chi connectivity index (χ1n) is 22.5. The zero-order valence-corrected chi connectivity index (χ0v) is 35.4. The molecule has 2 aliphatic rings. The first kappa shape index (κ1) is 35.6. The van der Waals surface area contributed by atoms with E-state index in [4.69, 9.17) is 19.9 Å². The summed E-state index contributed by atoms with van der Waals surface area (Å²) in [4.78, 5) is 19.5. The van der Waals surface area contributed by atoms with Crippen LogP contribution in [0.3, 0.4) is 0 Å². The van der Waals surface area contributed by atoms with E-state index in [9.17, 15) is 0 Å². The minimum atomic E-state index is 1.12. The van der Waals surface area contributed by atoms with Crippen molar-refractivity contribution in [3.63, 3.8) is 0 Å². The Kier molecular flexibility index (Phi) is 7.19. The van der Waals surface area contributed by atoms with E-state index < -0.39 is 0 Å². The zero-order valence-electron chi connectivity index (χ0n) is 35.4. The van der Waals surface area contributed by atoms with E-state index in [0.717, 1.165) is 43.8 Å². The predicted molar refractivity (Wildman–Crippen MR) is 273 cm³/mol. The highest BCUT2D eigenvalue weighted by molar-refractivity contribution is 6.35. The molecular weight excluding hydrogens is 801 g/mol. The largest absolute Gasteiger partial charge is 0.263 e. The molecule has 4 nitrogen and oxygen atoms in total. The molecule has 66 heavy (non-hydrogen) atoms. The van der Waals surface area contributed by atoms with Crippen LogP contribution < -0.4 is 0 Å². The van der Waals surface area contributed by atoms with Crippen molar-refractivity contribution in [1.29, 1.82) is 0 Å². The summed E-state index contributed by atoms with van der Waals surface area (Å²) in [6.07, 6.45) is 16.2. The lowest BCUT2D eigenvalue weighted by atomic mass is 9.81. The zero-order chi connectivity index (χ0) is 43.0. The van der Waals surface area contributed by atoms with Crippen molar-refractivity contribution in [2.75, 3.05) is 0 Å². The fourth-order valence-corrected chi connectivity index (χ4v) is 11.8. The van der Waals surface area contributed by atoms with E-state index in [1.54, 1.807) is 0 Å². The lowest BCUT2D eigenvalue weighted by Crippen LogP contribution is -1.96. The molecule has 2 aliphatic carbocycles. The third-order valence-electron chi connectivity index (χ3n) is 14.5. The minimum Gasteiger partial charge on any atom is -0.263 e. The lowest BCUT2D eigenvalue weighted by Gasteiger charge is -2.21. The topological polar surface area (TPSA) is 51.6 Å². The molecule has 0 fully saturated rings. The molecular formula is C62H34N4. The Morgan fingerprint density at radius 1 is 0.182 bits per heavy atom. The van der Waals surface area contributed by atoms with Gasteiger partial charge in [-0.2, -0.15) is 0 Å². The van der Waals surface area contributed by atoms with Crippen molar-refractivity contribution in [3.05, 3.63) is 207 Å². The number of benzene rings is 9. The van der Waals surface area contributed by atoms with E-state index in [-0.39, 0.29) is 0 Å². The third-order valence-corrected chi connectivity index (χ3v) is 14.5. The average molecular weight is 835 g/mol. The van der Waals surface area contributed by atoms with Gasteiger partial charge in [-0.25, -0.2) is 0 Å². The Bertz CT molecular complexity index is 4010. The maximum Gasteiger partial charge on any atom is 0.0353 e. The van der Waals surface area contributed by atoms with Gasteiger partial charge < -0.3 is 0 Å². The number of fused-ring (bicyclic) bond motifs is 11. The Labute approximate surface area is 379 Å². The number of aromatic nitrogens is 4. The van der Waals surface area contributed by atoms with Gasteiger partial charge in [0.2, 0.25) is 0 Å². The molecule has 0 spiro atoms.